The van der Waals surface area contributed by atoms with Crippen LogP contribution in [0, 0.1) is 0 Å². The van der Waals surface area contributed by atoms with E-state index in [1.54, 1.807) is 11.1 Å². The van der Waals surface area contributed by atoms with Crippen molar-refractivity contribution in [2.45, 2.75) is 70.3 Å². The van der Waals surface area contributed by atoms with Gasteiger partial charge in [0, 0.05) is 6.04 Å². The highest BCUT2D eigenvalue weighted by Crippen LogP contribution is 2.35. The van der Waals surface area contributed by atoms with Crippen molar-refractivity contribution < 1.29 is 0 Å². The molecule has 2 atom stereocenters. The molecule has 1 aromatic rings. The van der Waals surface area contributed by atoms with E-state index in [2.05, 4.69) is 43.6 Å². The van der Waals surface area contributed by atoms with Gasteiger partial charge in [-0.25, -0.2) is 0 Å². The van der Waals surface area contributed by atoms with Crippen molar-refractivity contribution in [3.63, 3.8) is 0 Å². The average Bonchev–Trinajstić information content (AvgIpc) is 2.47. The van der Waals surface area contributed by atoms with Crippen LogP contribution in [-0.2, 0) is 6.42 Å². The van der Waals surface area contributed by atoms with E-state index in [-0.39, 0.29) is 0 Å². The summed E-state index contributed by atoms with van der Waals surface area (Å²) in [5.74, 6) is 0.733. The lowest BCUT2D eigenvalue weighted by atomic mass is 9.77. The number of nitrogens with one attached hydrogen (secondary N) is 1. The summed E-state index contributed by atoms with van der Waals surface area (Å²) in [5.41, 5.74) is 3.20. The molecule has 0 saturated heterocycles. The smallest absolute Gasteiger partial charge is 0.0133 e. The third kappa shape index (κ3) is 3.82. The quantitative estimate of drug-likeness (QED) is 0.702. The van der Waals surface area contributed by atoms with Gasteiger partial charge in [-0.3, -0.25) is 0 Å². The van der Waals surface area contributed by atoms with Crippen molar-refractivity contribution in [2.75, 3.05) is 7.05 Å². The van der Waals surface area contributed by atoms with E-state index in [1.807, 2.05) is 0 Å². The zero-order valence-electron chi connectivity index (χ0n) is 12.6. The van der Waals surface area contributed by atoms with E-state index in [1.165, 1.54) is 51.4 Å². The van der Waals surface area contributed by atoms with Crippen molar-refractivity contribution in [3.8, 4) is 0 Å². The van der Waals surface area contributed by atoms with Gasteiger partial charge in [0.25, 0.3) is 0 Å². The number of likely N-dealkylation sites (N-methyl/N-ethyl adjacent to an activating group) is 1. The first-order chi connectivity index (χ1) is 9.36. The van der Waals surface area contributed by atoms with Crippen LogP contribution < -0.4 is 5.32 Å². The fourth-order valence-corrected chi connectivity index (χ4v) is 3.55. The molecule has 2 unspecified atom stereocenters. The molecular formula is C18H29N. The molecule has 1 nitrogen and oxygen atoms in total. The Morgan fingerprint density at radius 3 is 2.84 bits per heavy atom. The molecular weight excluding hydrogens is 230 g/mol. The number of hydrogen-bond donors (Lipinski definition) is 1. The maximum atomic E-state index is 3.59. The molecule has 0 amide bonds. The summed E-state index contributed by atoms with van der Waals surface area (Å²) in [6.45, 7) is 2.28. The number of fused-ring (bicyclic) bond motifs is 1. The molecule has 1 heteroatoms. The van der Waals surface area contributed by atoms with Gasteiger partial charge in [0.15, 0.2) is 0 Å². The fraction of sp³-hybridized carbons (Fsp3) is 0.667. The van der Waals surface area contributed by atoms with Crippen molar-refractivity contribution in [1.82, 2.24) is 5.32 Å². The summed E-state index contributed by atoms with van der Waals surface area (Å²) in [5, 5.41) is 3.59. The second-order valence-corrected chi connectivity index (χ2v) is 5.94. The van der Waals surface area contributed by atoms with Crippen LogP contribution in [-0.4, -0.2) is 13.1 Å². The van der Waals surface area contributed by atoms with Gasteiger partial charge in [-0.1, -0.05) is 56.9 Å². The zero-order chi connectivity index (χ0) is 13.5. The Balaban J connectivity index is 1.99. The van der Waals surface area contributed by atoms with Crippen molar-refractivity contribution in [3.05, 3.63) is 35.4 Å². The summed E-state index contributed by atoms with van der Waals surface area (Å²) >= 11 is 0. The lowest BCUT2D eigenvalue weighted by molar-refractivity contribution is 0.381. The average molecular weight is 259 g/mol. The molecule has 0 aromatic heterocycles. The van der Waals surface area contributed by atoms with Gasteiger partial charge in [0.2, 0.25) is 0 Å². The molecule has 19 heavy (non-hydrogen) atoms. The first kappa shape index (κ1) is 14.6. The van der Waals surface area contributed by atoms with Crippen LogP contribution in [0.2, 0.25) is 0 Å². The summed E-state index contributed by atoms with van der Waals surface area (Å²) in [4.78, 5) is 0. The molecule has 1 N–H and O–H groups in total. The number of benzene rings is 1. The normalized spacial score (nSPS) is 20.0. The minimum absolute atomic E-state index is 0.665. The van der Waals surface area contributed by atoms with Gasteiger partial charge in [-0.2, -0.15) is 0 Å². The van der Waals surface area contributed by atoms with Gasteiger partial charge in [0.05, 0.1) is 0 Å². The zero-order valence-corrected chi connectivity index (χ0v) is 12.6. The van der Waals surface area contributed by atoms with E-state index in [0.29, 0.717) is 6.04 Å². The second kappa shape index (κ2) is 7.69. The fourth-order valence-electron chi connectivity index (χ4n) is 3.55. The molecule has 0 aliphatic heterocycles. The van der Waals surface area contributed by atoms with E-state index in [0.717, 1.165) is 5.92 Å². The summed E-state index contributed by atoms with van der Waals surface area (Å²) in [7, 11) is 2.14. The van der Waals surface area contributed by atoms with Crippen LogP contribution >= 0.6 is 0 Å². The van der Waals surface area contributed by atoms with Crippen LogP contribution in [0.25, 0.3) is 0 Å². The molecule has 0 fully saturated rings. The molecule has 2 rings (SSSR count). The Labute approximate surface area is 118 Å². The first-order valence-electron chi connectivity index (χ1n) is 8.12. The molecule has 1 aromatic carbocycles. The standard InChI is InChI=1S/C18H29N/c1-3-4-5-6-14-18(19-2)17-13-9-11-15-10-7-8-12-16(15)17/h7-8,10,12,17-19H,3-6,9,11,13-14H2,1-2H3. The van der Waals surface area contributed by atoms with Crippen molar-refractivity contribution >= 4 is 0 Å². The third-order valence-corrected chi connectivity index (χ3v) is 4.64. The van der Waals surface area contributed by atoms with Gasteiger partial charge < -0.3 is 5.32 Å². The minimum atomic E-state index is 0.665. The third-order valence-electron chi connectivity index (χ3n) is 4.64. The lowest BCUT2D eigenvalue weighted by Gasteiger charge is -2.32. The van der Waals surface area contributed by atoms with Gasteiger partial charge >= 0.3 is 0 Å². The van der Waals surface area contributed by atoms with Crippen molar-refractivity contribution in [2.24, 2.45) is 0 Å². The Hall–Kier alpha value is -0.820. The molecule has 0 heterocycles. The number of hydrogen-bond acceptors (Lipinski definition) is 1. The Morgan fingerprint density at radius 2 is 2.05 bits per heavy atom. The second-order valence-electron chi connectivity index (χ2n) is 5.94. The van der Waals surface area contributed by atoms with Crippen LogP contribution in [0.5, 0.6) is 0 Å². The molecule has 0 spiro atoms. The number of aryl methyl sites for hydroxylation is 1. The Morgan fingerprint density at radius 1 is 1.21 bits per heavy atom. The van der Waals surface area contributed by atoms with E-state index < -0.39 is 0 Å². The van der Waals surface area contributed by atoms with Gasteiger partial charge in [-0.05, 0) is 49.8 Å². The topological polar surface area (TPSA) is 12.0 Å². The molecule has 0 saturated carbocycles. The maximum Gasteiger partial charge on any atom is 0.0133 e. The van der Waals surface area contributed by atoms with E-state index in [4.69, 9.17) is 0 Å². The summed E-state index contributed by atoms with van der Waals surface area (Å²) in [6.07, 6.45) is 10.8. The molecule has 0 bridgehead atoms. The predicted octanol–water partition coefficient (Wildman–Crippen LogP) is 4.66. The SMILES string of the molecule is CCCCCCC(NC)C1CCCc2ccccc21. The number of unbranched alkanes of at least 4 members (excludes halogenated alkanes) is 3. The monoisotopic (exact) mass is 259 g/mol. The Bertz CT molecular complexity index is 372. The summed E-state index contributed by atoms with van der Waals surface area (Å²) < 4.78 is 0. The largest absolute Gasteiger partial charge is 0.316 e. The van der Waals surface area contributed by atoms with Gasteiger partial charge in [-0.15, -0.1) is 0 Å². The van der Waals surface area contributed by atoms with Crippen LogP contribution in [0.1, 0.15) is 68.9 Å². The molecule has 106 valence electrons. The van der Waals surface area contributed by atoms with Crippen LogP contribution in [0.3, 0.4) is 0 Å². The minimum Gasteiger partial charge on any atom is -0.316 e. The van der Waals surface area contributed by atoms with Crippen molar-refractivity contribution in [1.29, 1.82) is 0 Å². The lowest BCUT2D eigenvalue weighted by Crippen LogP contribution is -2.34. The summed E-state index contributed by atoms with van der Waals surface area (Å²) in [6, 6.07) is 9.75. The Kier molecular flexibility index (Phi) is 5.91. The van der Waals surface area contributed by atoms with Gasteiger partial charge in [0.1, 0.15) is 0 Å². The first-order valence-corrected chi connectivity index (χ1v) is 8.12. The molecule has 1 aliphatic rings. The highest BCUT2D eigenvalue weighted by atomic mass is 14.9. The highest BCUT2D eigenvalue weighted by Gasteiger charge is 2.26. The van der Waals surface area contributed by atoms with E-state index >= 15 is 0 Å². The molecule has 0 radical (unpaired) electrons. The number of rotatable bonds is 7. The van der Waals surface area contributed by atoms with Crippen LogP contribution in [0.4, 0.5) is 0 Å². The predicted molar refractivity (Wildman–Crippen MR) is 83.7 cm³/mol. The highest BCUT2D eigenvalue weighted by molar-refractivity contribution is 5.33. The van der Waals surface area contributed by atoms with Crippen LogP contribution in [0.15, 0.2) is 24.3 Å². The molecule has 1 aliphatic carbocycles. The maximum absolute atomic E-state index is 3.59. The van der Waals surface area contributed by atoms with E-state index in [9.17, 15) is 0 Å².